The molecule has 0 atom stereocenters. The second-order valence-electron chi connectivity index (χ2n) is 7.47. The molecule has 7 heteroatoms. The molecule has 1 amide bonds. The molecule has 4 aliphatic rings. The number of piperazine rings is 3. The van der Waals surface area contributed by atoms with Crippen molar-refractivity contribution >= 4 is 28.2 Å². The number of hydrogen-bond donors (Lipinski definition) is 1. The zero-order chi connectivity index (χ0) is 17.4. The number of anilines is 1. The molecule has 6 nitrogen and oxygen atoms in total. The van der Waals surface area contributed by atoms with Crippen molar-refractivity contribution in [1.82, 2.24) is 4.90 Å². The number of carbonyl (C=O) groups excluding carboxylic acids is 2. The van der Waals surface area contributed by atoms with Gasteiger partial charge < -0.3 is 14.5 Å². The van der Waals surface area contributed by atoms with Crippen LogP contribution >= 0.6 is 11.3 Å². The van der Waals surface area contributed by atoms with Gasteiger partial charge in [-0.3, -0.25) is 9.69 Å². The number of rotatable bonds is 4. The normalized spacial score (nSPS) is 27.6. The molecule has 5 rings (SSSR count). The van der Waals surface area contributed by atoms with Crippen LogP contribution in [0, 0.1) is 0 Å². The van der Waals surface area contributed by atoms with Crippen LogP contribution < -0.4 is 5.32 Å². The predicted molar refractivity (Wildman–Crippen MR) is 97.1 cm³/mol. The van der Waals surface area contributed by atoms with E-state index in [-0.39, 0.29) is 11.9 Å². The van der Waals surface area contributed by atoms with Gasteiger partial charge in [0, 0.05) is 24.5 Å². The van der Waals surface area contributed by atoms with Gasteiger partial charge in [-0.05, 0) is 31.2 Å². The standard InChI is InChI=1S/C18H25N3O3S/c1-24-18(23)16-13-4-2-3-5-14(13)25-17(16)19-15(22)12-21-9-6-20(7-10-21)8-11-21/h2-12H2,1H3/p+1. The lowest BCUT2D eigenvalue weighted by atomic mass is 9.95. The molecule has 25 heavy (non-hydrogen) atoms. The Morgan fingerprint density at radius 2 is 1.84 bits per heavy atom. The Kier molecular flexibility index (Phi) is 4.56. The van der Waals surface area contributed by atoms with E-state index in [1.54, 1.807) is 11.3 Å². The summed E-state index contributed by atoms with van der Waals surface area (Å²) in [6, 6.07) is 0. The Morgan fingerprint density at radius 3 is 2.52 bits per heavy atom. The van der Waals surface area contributed by atoms with Crippen LogP contribution in [0.5, 0.6) is 0 Å². The summed E-state index contributed by atoms with van der Waals surface area (Å²) in [4.78, 5) is 28.7. The van der Waals surface area contributed by atoms with E-state index in [9.17, 15) is 9.59 Å². The quantitative estimate of drug-likeness (QED) is 0.650. The van der Waals surface area contributed by atoms with E-state index in [2.05, 4.69) is 10.2 Å². The zero-order valence-electron chi connectivity index (χ0n) is 14.8. The molecular formula is C18H26N3O3S+. The van der Waals surface area contributed by atoms with Gasteiger partial charge in [0.25, 0.3) is 5.91 Å². The minimum absolute atomic E-state index is 0.0269. The van der Waals surface area contributed by atoms with E-state index in [1.807, 2.05) is 0 Å². The summed E-state index contributed by atoms with van der Waals surface area (Å²) < 4.78 is 5.88. The fourth-order valence-corrected chi connectivity index (χ4v) is 5.70. The van der Waals surface area contributed by atoms with Crippen LogP contribution in [-0.4, -0.2) is 74.2 Å². The summed E-state index contributed by atoms with van der Waals surface area (Å²) in [6.07, 6.45) is 4.15. The highest BCUT2D eigenvalue weighted by molar-refractivity contribution is 7.17. The van der Waals surface area contributed by atoms with Gasteiger partial charge in [-0.1, -0.05) is 0 Å². The summed E-state index contributed by atoms with van der Waals surface area (Å²) in [5.74, 6) is -0.299. The second-order valence-corrected chi connectivity index (χ2v) is 8.57. The summed E-state index contributed by atoms with van der Waals surface area (Å²) in [6.45, 7) is 6.95. The summed E-state index contributed by atoms with van der Waals surface area (Å²) >= 11 is 1.56. The summed E-state index contributed by atoms with van der Waals surface area (Å²) in [5.41, 5.74) is 1.69. The van der Waals surface area contributed by atoms with Gasteiger partial charge in [-0.25, -0.2) is 4.79 Å². The van der Waals surface area contributed by atoms with Crippen LogP contribution in [0.25, 0.3) is 0 Å². The monoisotopic (exact) mass is 364 g/mol. The van der Waals surface area contributed by atoms with Crippen molar-refractivity contribution in [2.45, 2.75) is 25.7 Å². The van der Waals surface area contributed by atoms with Crippen LogP contribution in [0.4, 0.5) is 5.00 Å². The van der Waals surface area contributed by atoms with Crippen LogP contribution in [0.1, 0.15) is 33.6 Å². The number of thiophene rings is 1. The number of esters is 1. The largest absolute Gasteiger partial charge is 0.465 e. The van der Waals surface area contributed by atoms with Crippen molar-refractivity contribution in [3.05, 3.63) is 16.0 Å². The van der Waals surface area contributed by atoms with E-state index in [1.165, 1.54) is 12.0 Å². The van der Waals surface area contributed by atoms with Crippen LogP contribution in [0.15, 0.2) is 0 Å². The highest BCUT2D eigenvalue weighted by Gasteiger charge is 2.40. The number of nitrogens with one attached hydrogen (secondary N) is 1. The molecule has 1 aromatic heterocycles. The number of fused-ring (bicyclic) bond motifs is 4. The Labute approximate surface area is 152 Å². The Morgan fingerprint density at radius 1 is 1.16 bits per heavy atom. The molecule has 2 bridgehead atoms. The molecule has 0 aromatic carbocycles. The van der Waals surface area contributed by atoms with Gasteiger partial charge in [0.2, 0.25) is 0 Å². The smallest absolute Gasteiger partial charge is 0.341 e. The van der Waals surface area contributed by atoms with Gasteiger partial charge in [0.05, 0.1) is 32.3 Å². The van der Waals surface area contributed by atoms with E-state index in [0.717, 1.165) is 75.0 Å². The van der Waals surface area contributed by atoms with Crippen molar-refractivity contribution in [1.29, 1.82) is 0 Å². The number of hydrogen-bond acceptors (Lipinski definition) is 5. The Balaban J connectivity index is 1.52. The molecule has 3 fully saturated rings. The van der Waals surface area contributed by atoms with Gasteiger partial charge in [0.1, 0.15) is 5.00 Å². The third-order valence-corrected chi connectivity index (χ3v) is 7.17. The lowest BCUT2D eigenvalue weighted by Gasteiger charge is -2.50. The minimum atomic E-state index is -0.326. The number of ether oxygens (including phenoxy) is 1. The molecule has 3 saturated heterocycles. The van der Waals surface area contributed by atoms with Crippen molar-refractivity contribution in [3.8, 4) is 0 Å². The second kappa shape index (κ2) is 6.70. The minimum Gasteiger partial charge on any atom is -0.465 e. The molecular weight excluding hydrogens is 338 g/mol. The summed E-state index contributed by atoms with van der Waals surface area (Å²) in [5, 5.41) is 3.75. The lowest BCUT2D eigenvalue weighted by Crippen LogP contribution is -2.68. The number of aryl methyl sites for hydroxylation is 1. The third kappa shape index (κ3) is 3.20. The molecule has 0 radical (unpaired) electrons. The van der Waals surface area contributed by atoms with E-state index >= 15 is 0 Å². The number of amides is 1. The molecule has 0 unspecified atom stereocenters. The lowest BCUT2D eigenvalue weighted by molar-refractivity contribution is -0.933. The molecule has 0 saturated carbocycles. The Bertz CT molecular complexity index is 678. The predicted octanol–water partition coefficient (Wildman–Crippen LogP) is 1.50. The maximum atomic E-state index is 12.8. The van der Waals surface area contributed by atoms with Crippen molar-refractivity contribution < 1.29 is 18.8 Å². The van der Waals surface area contributed by atoms with E-state index in [0.29, 0.717) is 17.1 Å². The topological polar surface area (TPSA) is 58.6 Å². The fourth-order valence-electron chi connectivity index (χ4n) is 4.41. The van der Waals surface area contributed by atoms with Crippen molar-refractivity contribution in [2.75, 3.05) is 58.2 Å². The molecule has 3 aliphatic heterocycles. The maximum absolute atomic E-state index is 12.8. The van der Waals surface area contributed by atoms with E-state index in [4.69, 9.17) is 4.74 Å². The SMILES string of the molecule is COC(=O)c1c(NC(=O)C[N+]23CCN(CC2)CC3)sc2c1CCCC2. The molecule has 136 valence electrons. The van der Waals surface area contributed by atoms with Gasteiger partial charge in [0.15, 0.2) is 6.54 Å². The molecule has 1 aliphatic carbocycles. The molecule has 1 N–H and O–H groups in total. The van der Waals surface area contributed by atoms with Crippen molar-refractivity contribution in [2.24, 2.45) is 0 Å². The number of quaternary nitrogens is 1. The first-order valence-corrected chi connectivity index (χ1v) is 10.0. The first-order chi connectivity index (χ1) is 12.1. The van der Waals surface area contributed by atoms with Crippen LogP contribution in [0.3, 0.4) is 0 Å². The average molecular weight is 364 g/mol. The number of nitrogens with zero attached hydrogens (tertiary/aromatic N) is 2. The van der Waals surface area contributed by atoms with Gasteiger partial charge in [-0.2, -0.15) is 0 Å². The van der Waals surface area contributed by atoms with E-state index < -0.39 is 0 Å². The van der Waals surface area contributed by atoms with Gasteiger partial charge >= 0.3 is 5.97 Å². The molecule has 4 heterocycles. The van der Waals surface area contributed by atoms with Crippen LogP contribution in [0.2, 0.25) is 0 Å². The van der Waals surface area contributed by atoms with Crippen LogP contribution in [-0.2, 0) is 22.4 Å². The highest BCUT2D eigenvalue weighted by Crippen LogP contribution is 2.38. The highest BCUT2D eigenvalue weighted by atomic mass is 32.1. The third-order valence-electron chi connectivity index (χ3n) is 5.96. The number of carbonyl (C=O) groups is 2. The summed E-state index contributed by atoms with van der Waals surface area (Å²) in [7, 11) is 1.41. The van der Waals surface area contributed by atoms with Crippen molar-refractivity contribution in [3.63, 3.8) is 0 Å². The fraction of sp³-hybridized carbons (Fsp3) is 0.667. The number of methoxy groups -OCH3 is 1. The Hall–Kier alpha value is -1.44. The van der Waals surface area contributed by atoms with Gasteiger partial charge in [-0.15, -0.1) is 11.3 Å². The zero-order valence-corrected chi connectivity index (χ0v) is 15.6. The first kappa shape index (κ1) is 17.0. The molecule has 1 aromatic rings. The maximum Gasteiger partial charge on any atom is 0.341 e. The first-order valence-electron chi connectivity index (χ1n) is 9.20. The molecule has 0 spiro atoms. The average Bonchev–Trinajstić information content (AvgIpc) is 2.99.